The fourth-order valence-electron chi connectivity index (χ4n) is 4.38. The summed E-state index contributed by atoms with van der Waals surface area (Å²) in [4.78, 5) is 0. The van der Waals surface area contributed by atoms with Crippen LogP contribution in [0.4, 0.5) is 13.2 Å². The Morgan fingerprint density at radius 2 is 2.04 bits per heavy atom. The van der Waals surface area contributed by atoms with Crippen LogP contribution in [0.5, 0.6) is 0 Å². The zero-order chi connectivity index (χ0) is 18.4. The minimum atomic E-state index is -4.27. The van der Waals surface area contributed by atoms with Crippen LogP contribution >= 0.6 is 0 Å². The number of fused-ring (bicyclic) bond motifs is 2. The monoisotopic (exact) mass is 356 g/mol. The molecule has 0 amide bonds. The highest BCUT2D eigenvalue weighted by molar-refractivity contribution is 5.58. The largest absolute Gasteiger partial charge is 0.409 e. The molecule has 0 aromatic heterocycles. The summed E-state index contributed by atoms with van der Waals surface area (Å²) in [5.41, 5.74) is 4.59. The van der Waals surface area contributed by atoms with Gasteiger partial charge < -0.3 is 0 Å². The lowest BCUT2D eigenvalue weighted by Crippen LogP contribution is -2.15. The quantitative estimate of drug-likeness (QED) is 0.509. The second kappa shape index (κ2) is 6.29. The number of rotatable bonds is 5. The summed E-state index contributed by atoms with van der Waals surface area (Å²) < 4.78 is 37.5. The van der Waals surface area contributed by atoms with Gasteiger partial charge in [0.15, 0.2) is 0 Å². The van der Waals surface area contributed by atoms with E-state index in [1.807, 2.05) is 6.08 Å². The Kier molecular flexibility index (Phi) is 4.21. The summed E-state index contributed by atoms with van der Waals surface area (Å²) in [5.74, 6) is 0.704. The van der Waals surface area contributed by atoms with Crippen molar-refractivity contribution in [3.05, 3.63) is 83.1 Å². The lowest BCUT2D eigenvalue weighted by molar-refractivity contribution is -0.0798. The third-order valence-electron chi connectivity index (χ3n) is 5.85. The summed E-state index contributed by atoms with van der Waals surface area (Å²) in [7, 11) is 0. The smallest absolute Gasteiger partial charge is 0.167 e. The molecule has 0 saturated heterocycles. The first-order chi connectivity index (χ1) is 12.4. The van der Waals surface area contributed by atoms with Crippen LogP contribution in [-0.2, 0) is 0 Å². The van der Waals surface area contributed by atoms with E-state index in [1.54, 1.807) is 0 Å². The molecule has 0 radical (unpaired) electrons. The Labute approximate surface area is 152 Å². The Morgan fingerprint density at radius 3 is 2.81 bits per heavy atom. The molecule has 26 heavy (non-hydrogen) atoms. The van der Waals surface area contributed by atoms with Gasteiger partial charge >= 0.3 is 6.18 Å². The van der Waals surface area contributed by atoms with Crippen LogP contribution in [-0.4, -0.2) is 6.18 Å². The number of unbranched alkanes of at least 4 members (excludes halogenated alkanes) is 1. The number of hydrogen-bond donors (Lipinski definition) is 0. The molecule has 0 nitrogen and oxygen atoms in total. The van der Waals surface area contributed by atoms with Gasteiger partial charge in [0.05, 0.1) is 0 Å². The normalized spacial score (nSPS) is 32.0. The van der Waals surface area contributed by atoms with Gasteiger partial charge in [-0.25, -0.2) is 0 Å². The Morgan fingerprint density at radius 1 is 1.19 bits per heavy atom. The van der Waals surface area contributed by atoms with Crippen LogP contribution in [0, 0.1) is 17.3 Å². The van der Waals surface area contributed by atoms with Crippen molar-refractivity contribution in [2.75, 3.05) is 0 Å². The highest BCUT2D eigenvalue weighted by atomic mass is 19.4. The molecule has 136 valence electrons. The SMILES string of the molecule is CCCCC1=CC2C(=CC=C2C23C=C(/C=C\C(F)(F)F)C=CC2C3)C=C1. The minimum Gasteiger partial charge on any atom is -0.167 e. The molecule has 0 spiro atoms. The predicted molar refractivity (Wildman–Crippen MR) is 99.4 cm³/mol. The first kappa shape index (κ1) is 17.4. The molecule has 4 rings (SSSR count). The highest BCUT2D eigenvalue weighted by Crippen LogP contribution is 2.65. The van der Waals surface area contributed by atoms with Crippen molar-refractivity contribution < 1.29 is 13.2 Å². The molecule has 3 unspecified atom stereocenters. The van der Waals surface area contributed by atoms with Crippen LogP contribution in [0.15, 0.2) is 83.1 Å². The molecule has 1 saturated carbocycles. The summed E-state index contributed by atoms with van der Waals surface area (Å²) in [5, 5.41) is 0. The minimum absolute atomic E-state index is 0.0967. The van der Waals surface area contributed by atoms with Crippen LogP contribution in [0.3, 0.4) is 0 Å². The third-order valence-corrected chi connectivity index (χ3v) is 5.85. The zero-order valence-corrected chi connectivity index (χ0v) is 14.9. The molecule has 0 aromatic rings. The Hall–Kier alpha value is -2.03. The Bertz CT molecular complexity index is 811. The molecule has 0 aliphatic heterocycles. The van der Waals surface area contributed by atoms with Crippen molar-refractivity contribution in [2.45, 2.75) is 38.8 Å². The van der Waals surface area contributed by atoms with Gasteiger partial charge in [-0.3, -0.25) is 0 Å². The molecular formula is C23H23F3. The summed E-state index contributed by atoms with van der Waals surface area (Å²) >= 11 is 0. The van der Waals surface area contributed by atoms with Crippen LogP contribution in [0.1, 0.15) is 32.6 Å². The molecule has 4 aliphatic rings. The molecule has 4 aliphatic carbocycles. The van der Waals surface area contributed by atoms with E-state index >= 15 is 0 Å². The van der Waals surface area contributed by atoms with E-state index in [-0.39, 0.29) is 11.3 Å². The van der Waals surface area contributed by atoms with Crippen LogP contribution in [0.2, 0.25) is 0 Å². The van der Waals surface area contributed by atoms with E-state index in [4.69, 9.17) is 0 Å². The lowest BCUT2D eigenvalue weighted by atomic mass is 9.77. The molecular weight excluding hydrogens is 333 g/mol. The van der Waals surface area contributed by atoms with Gasteiger partial charge in [-0.2, -0.15) is 13.2 Å². The fraction of sp³-hybridized carbons (Fsp3) is 0.391. The van der Waals surface area contributed by atoms with Gasteiger partial charge in [0, 0.05) is 17.4 Å². The number of halogens is 3. The van der Waals surface area contributed by atoms with Gasteiger partial charge in [-0.1, -0.05) is 73.6 Å². The maximum absolute atomic E-state index is 12.5. The predicted octanol–water partition coefficient (Wildman–Crippen LogP) is 6.78. The second-order valence-electron chi connectivity index (χ2n) is 7.67. The Balaban J connectivity index is 1.58. The van der Waals surface area contributed by atoms with Crippen molar-refractivity contribution in [1.29, 1.82) is 0 Å². The summed E-state index contributed by atoms with van der Waals surface area (Å²) in [6.45, 7) is 2.20. The van der Waals surface area contributed by atoms with E-state index in [1.165, 1.54) is 35.6 Å². The maximum Gasteiger partial charge on any atom is 0.409 e. The van der Waals surface area contributed by atoms with Gasteiger partial charge in [-0.05, 0) is 41.9 Å². The van der Waals surface area contributed by atoms with Crippen LogP contribution < -0.4 is 0 Å². The van der Waals surface area contributed by atoms with Crippen molar-refractivity contribution in [2.24, 2.45) is 17.3 Å². The standard InChI is InChI=1S/C23H23F3/c1-2-3-4-16-5-7-18-8-10-21(20(18)13-16)22-14-17(6-9-19(22)15-22)11-12-23(24,25)26/h5-14,19-20H,2-4,15H2,1H3/b12-11-. The maximum atomic E-state index is 12.5. The van der Waals surface area contributed by atoms with Crippen molar-refractivity contribution in [3.63, 3.8) is 0 Å². The molecule has 1 fully saturated rings. The first-order valence-electron chi connectivity index (χ1n) is 9.39. The average molecular weight is 356 g/mol. The number of hydrogen-bond acceptors (Lipinski definition) is 0. The van der Waals surface area contributed by atoms with Crippen molar-refractivity contribution in [3.8, 4) is 0 Å². The van der Waals surface area contributed by atoms with Gasteiger partial charge in [0.25, 0.3) is 0 Å². The van der Waals surface area contributed by atoms with Crippen LogP contribution in [0.25, 0.3) is 0 Å². The van der Waals surface area contributed by atoms with Gasteiger partial charge in [-0.15, -0.1) is 0 Å². The van der Waals surface area contributed by atoms with E-state index in [0.29, 0.717) is 17.6 Å². The topological polar surface area (TPSA) is 0 Å². The molecule has 3 heteroatoms. The van der Waals surface area contributed by atoms with Crippen molar-refractivity contribution >= 4 is 0 Å². The fourth-order valence-corrected chi connectivity index (χ4v) is 4.38. The van der Waals surface area contributed by atoms with Gasteiger partial charge in [0.1, 0.15) is 0 Å². The summed E-state index contributed by atoms with van der Waals surface area (Å²) in [6.07, 6.45) is 18.8. The molecule has 0 heterocycles. The highest BCUT2D eigenvalue weighted by Gasteiger charge is 2.56. The number of allylic oxidation sites excluding steroid dienone is 14. The number of alkyl halides is 3. The molecule has 3 atom stereocenters. The summed E-state index contributed by atoms with van der Waals surface area (Å²) in [6, 6.07) is 0. The lowest BCUT2D eigenvalue weighted by Gasteiger charge is -2.26. The van der Waals surface area contributed by atoms with Gasteiger partial charge in [0.2, 0.25) is 0 Å². The zero-order valence-electron chi connectivity index (χ0n) is 14.9. The molecule has 0 N–H and O–H groups in total. The second-order valence-corrected chi connectivity index (χ2v) is 7.67. The van der Waals surface area contributed by atoms with E-state index in [9.17, 15) is 13.2 Å². The van der Waals surface area contributed by atoms with E-state index in [2.05, 4.69) is 49.5 Å². The van der Waals surface area contributed by atoms with Crippen molar-refractivity contribution in [1.82, 2.24) is 0 Å². The van der Waals surface area contributed by atoms with E-state index in [0.717, 1.165) is 12.8 Å². The average Bonchev–Trinajstić information content (AvgIpc) is 3.18. The molecule has 0 aromatic carbocycles. The molecule has 0 bridgehead atoms. The van der Waals surface area contributed by atoms with E-state index < -0.39 is 6.18 Å². The third kappa shape index (κ3) is 3.20. The first-order valence-corrected chi connectivity index (χ1v) is 9.39.